The predicted molar refractivity (Wildman–Crippen MR) is 112 cm³/mol. The summed E-state index contributed by atoms with van der Waals surface area (Å²) in [6.45, 7) is 3.91. The third-order valence-corrected chi connectivity index (χ3v) is 6.30. The second-order valence-electron chi connectivity index (χ2n) is 8.01. The van der Waals surface area contributed by atoms with Gasteiger partial charge in [-0.2, -0.15) is 0 Å². The summed E-state index contributed by atoms with van der Waals surface area (Å²) in [5.41, 5.74) is 2.07. The van der Waals surface area contributed by atoms with Gasteiger partial charge in [-0.25, -0.2) is 0 Å². The Kier molecular flexibility index (Phi) is 5.96. The van der Waals surface area contributed by atoms with Crippen molar-refractivity contribution in [2.45, 2.75) is 31.7 Å². The molecule has 1 amide bonds. The van der Waals surface area contributed by atoms with Gasteiger partial charge in [-0.15, -0.1) is 0 Å². The molecule has 4 nitrogen and oxygen atoms in total. The van der Waals surface area contributed by atoms with Gasteiger partial charge in [0.1, 0.15) is 5.75 Å². The number of carbonyl (C=O) groups is 1. The first-order chi connectivity index (χ1) is 13.8. The van der Waals surface area contributed by atoms with Gasteiger partial charge in [0.05, 0.1) is 12.7 Å². The maximum absolute atomic E-state index is 13.2. The van der Waals surface area contributed by atoms with Crippen LogP contribution in [0.5, 0.6) is 5.75 Å². The SMILES string of the molecule is COc1ccccc1C(=O)N1C[C@@H]2CCCCN(CCc3ccccc3)[C@@H]2C1. The van der Waals surface area contributed by atoms with E-state index in [9.17, 15) is 4.79 Å². The molecule has 0 aromatic heterocycles. The average Bonchev–Trinajstić information content (AvgIpc) is 3.08. The van der Waals surface area contributed by atoms with Gasteiger partial charge in [0.15, 0.2) is 0 Å². The van der Waals surface area contributed by atoms with E-state index in [2.05, 4.69) is 35.2 Å². The van der Waals surface area contributed by atoms with E-state index in [0.29, 0.717) is 23.3 Å². The van der Waals surface area contributed by atoms with E-state index in [1.165, 1.54) is 24.8 Å². The zero-order valence-corrected chi connectivity index (χ0v) is 16.7. The highest BCUT2D eigenvalue weighted by Crippen LogP contribution is 2.32. The zero-order valence-electron chi connectivity index (χ0n) is 16.7. The molecule has 2 aliphatic heterocycles. The van der Waals surface area contributed by atoms with Gasteiger partial charge in [-0.05, 0) is 49.4 Å². The highest BCUT2D eigenvalue weighted by atomic mass is 16.5. The van der Waals surface area contributed by atoms with E-state index in [-0.39, 0.29) is 5.91 Å². The van der Waals surface area contributed by atoms with Crippen molar-refractivity contribution in [3.63, 3.8) is 0 Å². The van der Waals surface area contributed by atoms with Crippen LogP contribution < -0.4 is 4.74 Å². The molecule has 0 saturated carbocycles. The Labute approximate surface area is 168 Å². The maximum atomic E-state index is 13.2. The van der Waals surface area contributed by atoms with Crippen LogP contribution in [0.25, 0.3) is 0 Å². The third kappa shape index (κ3) is 4.07. The van der Waals surface area contributed by atoms with Gasteiger partial charge < -0.3 is 9.64 Å². The molecule has 2 heterocycles. The first-order valence-corrected chi connectivity index (χ1v) is 10.5. The van der Waals surface area contributed by atoms with Crippen molar-refractivity contribution in [2.24, 2.45) is 5.92 Å². The molecular weight excluding hydrogens is 348 g/mol. The number of methoxy groups -OCH3 is 1. The number of nitrogens with zero attached hydrogens (tertiary/aromatic N) is 2. The van der Waals surface area contributed by atoms with E-state index in [0.717, 1.165) is 32.6 Å². The van der Waals surface area contributed by atoms with Crippen LogP contribution in [0.2, 0.25) is 0 Å². The van der Waals surface area contributed by atoms with Crippen LogP contribution in [-0.2, 0) is 6.42 Å². The third-order valence-electron chi connectivity index (χ3n) is 6.30. The molecule has 2 atom stereocenters. The lowest BCUT2D eigenvalue weighted by atomic mass is 9.98. The summed E-state index contributed by atoms with van der Waals surface area (Å²) in [4.78, 5) is 17.9. The van der Waals surface area contributed by atoms with E-state index in [1.807, 2.05) is 29.2 Å². The number of carbonyl (C=O) groups excluding carboxylic acids is 1. The summed E-state index contributed by atoms with van der Waals surface area (Å²) in [5.74, 6) is 1.35. The Morgan fingerprint density at radius 3 is 2.64 bits per heavy atom. The van der Waals surface area contributed by atoms with Gasteiger partial charge >= 0.3 is 0 Å². The monoisotopic (exact) mass is 378 g/mol. The highest BCUT2D eigenvalue weighted by Gasteiger charge is 2.39. The summed E-state index contributed by atoms with van der Waals surface area (Å²) < 4.78 is 5.42. The minimum atomic E-state index is 0.105. The molecule has 4 rings (SSSR count). The molecule has 2 aliphatic rings. The number of hydrogen-bond donors (Lipinski definition) is 0. The molecule has 28 heavy (non-hydrogen) atoms. The quantitative estimate of drug-likeness (QED) is 0.792. The Morgan fingerprint density at radius 1 is 1.04 bits per heavy atom. The van der Waals surface area contributed by atoms with Gasteiger partial charge in [0, 0.05) is 25.7 Å². The summed E-state index contributed by atoms with van der Waals surface area (Å²) in [6.07, 6.45) is 4.83. The molecule has 2 aromatic rings. The van der Waals surface area contributed by atoms with Crippen molar-refractivity contribution >= 4 is 5.91 Å². The van der Waals surface area contributed by atoms with Crippen molar-refractivity contribution in [3.8, 4) is 5.75 Å². The fourth-order valence-electron chi connectivity index (χ4n) is 4.79. The van der Waals surface area contributed by atoms with Crippen molar-refractivity contribution < 1.29 is 9.53 Å². The smallest absolute Gasteiger partial charge is 0.257 e. The molecule has 0 N–H and O–H groups in total. The molecule has 148 valence electrons. The van der Waals surface area contributed by atoms with Crippen molar-refractivity contribution in [3.05, 3.63) is 65.7 Å². The Balaban J connectivity index is 1.46. The number of fused-ring (bicyclic) bond motifs is 1. The molecule has 0 radical (unpaired) electrons. The molecule has 2 fully saturated rings. The molecule has 4 heteroatoms. The topological polar surface area (TPSA) is 32.8 Å². The van der Waals surface area contributed by atoms with Crippen molar-refractivity contribution in [1.29, 1.82) is 0 Å². The lowest BCUT2D eigenvalue weighted by Gasteiger charge is -2.30. The van der Waals surface area contributed by atoms with Crippen LogP contribution in [0, 0.1) is 5.92 Å². The molecule has 2 saturated heterocycles. The fourth-order valence-corrected chi connectivity index (χ4v) is 4.79. The summed E-state index contributed by atoms with van der Waals surface area (Å²) >= 11 is 0. The molecule has 0 unspecified atom stereocenters. The Morgan fingerprint density at radius 2 is 1.82 bits per heavy atom. The molecule has 0 spiro atoms. The first kappa shape index (κ1) is 19.0. The van der Waals surface area contributed by atoms with Crippen LogP contribution in [0.1, 0.15) is 35.2 Å². The first-order valence-electron chi connectivity index (χ1n) is 10.5. The Bertz CT molecular complexity index is 792. The summed E-state index contributed by atoms with van der Waals surface area (Å²) in [6, 6.07) is 18.8. The zero-order chi connectivity index (χ0) is 19.3. The maximum Gasteiger partial charge on any atom is 0.257 e. The van der Waals surface area contributed by atoms with Crippen LogP contribution in [0.4, 0.5) is 0 Å². The number of likely N-dealkylation sites (tertiary alicyclic amines) is 2. The highest BCUT2D eigenvalue weighted by molar-refractivity contribution is 5.97. The van der Waals surface area contributed by atoms with E-state index >= 15 is 0 Å². The molecule has 0 bridgehead atoms. The second-order valence-corrected chi connectivity index (χ2v) is 8.01. The number of rotatable bonds is 5. The molecule has 2 aromatic carbocycles. The predicted octanol–water partition coefficient (Wildman–Crippen LogP) is 3.86. The average molecular weight is 379 g/mol. The number of benzene rings is 2. The van der Waals surface area contributed by atoms with Gasteiger partial charge in [0.2, 0.25) is 0 Å². The lowest BCUT2D eigenvalue weighted by Crippen LogP contribution is -2.42. The van der Waals surface area contributed by atoms with Gasteiger partial charge in [-0.1, -0.05) is 48.9 Å². The van der Waals surface area contributed by atoms with Crippen molar-refractivity contribution in [1.82, 2.24) is 9.80 Å². The number of para-hydroxylation sites is 1. The Hall–Kier alpha value is -2.33. The second kappa shape index (κ2) is 8.78. The van der Waals surface area contributed by atoms with Crippen LogP contribution in [-0.4, -0.2) is 55.0 Å². The minimum Gasteiger partial charge on any atom is -0.496 e. The molecule has 0 aliphatic carbocycles. The summed E-state index contributed by atoms with van der Waals surface area (Å²) in [7, 11) is 1.63. The summed E-state index contributed by atoms with van der Waals surface area (Å²) in [5, 5.41) is 0. The number of hydrogen-bond acceptors (Lipinski definition) is 3. The molecular formula is C24H30N2O2. The normalized spacial score (nSPS) is 22.5. The largest absolute Gasteiger partial charge is 0.496 e. The van der Waals surface area contributed by atoms with Gasteiger partial charge in [0.25, 0.3) is 5.91 Å². The van der Waals surface area contributed by atoms with E-state index in [1.54, 1.807) is 7.11 Å². The lowest BCUT2D eigenvalue weighted by molar-refractivity contribution is 0.0771. The van der Waals surface area contributed by atoms with Crippen LogP contribution in [0.3, 0.4) is 0 Å². The van der Waals surface area contributed by atoms with E-state index in [4.69, 9.17) is 4.74 Å². The number of ether oxygens (including phenoxy) is 1. The fraction of sp³-hybridized carbons (Fsp3) is 0.458. The van der Waals surface area contributed by atoms with Crippen molar-refractivity contribution in [2.75, 3.05) is 33.3 Å². The minimum absolute atomic E-state index is 0.105. The van der Waals surface area contributed by atoms with E-state index < -0.39 is 0 Å². The van der Waals surface area contributed by atoms with Crippen LogP contribution >= 0.6 is 0 Å². The number of amides is 1. The standard InChI is InChI=1S/C24H30N2O2/c1-28-23-13-6-5-12-21(23)24(27)26-17-20-11-7-8-15-25(22(20)18-26)16-14-19-9-3-2-4-10-19/h2-6,9-10,12-13,20,22H,7-8,11,14-18H2,1H3/t20-,22+/m0/s1. The van der Waals surface area contributed by atoms with Crippen LogP contribution in [0.15, 0.2) is 54.6 Å². The van der Waals surface area contributed by atoms with Gasteiger partial charge in [-0.3, -0.25) is 9.69 Å².